The summed E-state index contributed by atoms with van der Waals surface area (Å²) in [4.78, 5) is 2.51. The first kappa shape index (κ1) is 17.8. The Labute approximate surface area is 152 Å². The Morgan fingerprint density at radius 1 is 0.800 bits per heavy atom. The van der Waals surface area contributed by atoms with Gasteiger partial charge in [-0.15, -0.1) is 0 Å². The molecule has 0 bridgehead atoms. The number of ether oxygens (including phenoxy) is 1. The molecule has 1 aliphatic heterocycles. The molecule has 1 saturated heterocycles. The molecule has 3 rings (SSSR count). The highest BCUT2D eigenvalue weighted by Gasteiger charge is 2.22. The lowest BCUT2D eigenvalue weighted by atomic mass is 9.78. The smallest absolute Gasteiger partial charge is 0.118 e. The van der Waals surface area contributed by atoms with E-state index in [1.54, 1.807) is 7.11 Å². The molecule has 2 nitrogen and oxygen atoms in total. The van der Waals surface area contributed by atoms with Gasteiger partial charge in [0.05, 0.1) is 7.11 Å². The van der Waals surface area contributed by atoms with Crippen molar-refractivity contribution >= 4 is 5.69 Å². The van der Waals surface area contributed by atoms with Crippen LogP contribution >= 0.6 is 0 Å². The van der Waals surface area contributed by atoms with Crippen LogP contribution in [-0.4, -0.2) is 20.2 Å². The van der Waals surface area contributed by atoms with Crippen LogP contribution < -0.4 is 9.64 Å². The fourth-order valence-corrected chi connectivity index (χ4v) is 4.26. The number of rotatable bonds is 7. The normalized spacial score (nSPS) is 16.7. The van der Waals surface area contributed by atoms with Crippen molar-refractivity contribution in [1.29, 1.82) is 0 Å². The lowest BCUT2D eigenvalue weighted by Crippen LogP contribution is -2.17. The van der Waals surface area contributed by atoms with E-state index in [9.17, 15) is 0 Å². The van der Waals surface area contributed by atoms with Crippen LogP contribution in [0.3, 0.4) is 0 Å². The molecule has 2 aromatic carbocycles. The molecule has 0 N–H and O–H groups in total. The average molecular weight is 338 g/mol. The average Bonchev–Trinajstić information content (AvgIpc) is 3.21. The van der Waals surface area contributed by atoms with E-state index < -0.39 is 0 Å². The summed E-state index contributed by atoms with van der Waals surface area (Å²) in [6, 6.07) is 18.0. The zero-order valence-electron chi connectivity index (χ0n) is 15.9. The van der Waals surface area contributed by atoms with Crippen LogP contribution in [0.25, 0.3) is 0 Å². The van der Waals surface area contributed by atoms with Crippen molar-refractivity contribution in [2.75, 3.05) is 25.1 Å². The zero-order chi connectivity index (χ0) is 17.6. The van der Waals surface area contributed by atoms with E-state index in [0.717, 1.165) is 18.6 Å². The molecule has 1 fully saturated rings. The molecule has 0 spiro atoms. The van der Waals surface area contributed by atoms with Gasteiger partial charge in [0, 0.05) is 18.8 Å². The molecular weight excluding hydrogens is 306 g/mol. The summed E-state index contributed by atoms with van der Waals surface area (Å²) in [5, 5.41) is 0. The number of hydrogen-bond donors (Lipinski definition) is 0. The third kappa shape index (κ3) is 4.00. The van der Waals surface area contributed by atoms with E-state index in [2.05, 4.69) is 67.3 Å². The van der Waals surface area contributed by atoms with Gasteiger partial charge < -0.3 is 9.64 Å². The molecule has 2 aromatic rings. The SMILES string of the molecule is CC[C@H](c1ccc(N2CCCC2)cc1)[C@@H](CC)c1ccc(OC)cc1. The number of methoxy groups -OCH3 is 1. The second-order valence-electron chi connectivity index (χ2n) is 7.09. The van der Waals surface area contributed by atoms with E-state index >= 15 is 0 Å². The summed E-state index contributed by atoms with van der Waals surface area (Å²) in [6.07, 6.45) is 4.97. The van der Waals surface area contributed by atoms with E-state index in [1.807, 2.05) is 0 Å². The van der Waals surface area contributed by atoms with Crippen LogP contribution in [0, 0.1) is 0 Å². The van der Waals surface area contributed by atoms with Gasteiger partial charge in [-0.3, -0.25) is 0 Å². The van der Waals surface area contributed by atoms with E-state index in [4.69, 9.17) is 4.74 Å². The maximum atomic E-state index is 5.31. The van der Waals surface area contributed by atoms with Crippen molar-refractivity contribution in [1.82, 2.24) is 0 Å². The predicted molar refractivity (Wildman–Crippen MR) is 107 cm³/mol. The first-order chi connectivity index (χ1) is 12.3. The molecule has 0 aromatic heterocycles. The molecule has 0 saturated carbocycles. The Morgan fingerprint density at radius 2 is 1.28 bits per heavy atom. The molecule has 0 unspecified atom stereocenters. The van der Waals surface area contributed by atoms with Gasteiger partial charge in [0.25, 0.3) is 0 Å². The van der Waals surface area contributed by atoms with Crippen molar-refractivity contribution in [2.24, 2.45) is 0 Å². The van der Waals surface area contributed by atoms with Crippen molar-refractivity contribution in [2.45, 2.75) is 51.4 Å². The number of benzene rings is 2. The third-order valence-electron chi connectivity index (χ3n) is 5.70. The van der Waals surface area contributed by atoms with E-state index in [1.165, 1.54) is 42.7 Å². The van der Waals surface area contributed by atoms with Crippen LogP contribution in [0.1, 0.15) is 62.5 Å². The summed E-state index contributed by atoms with van der Waals surface area (Å²) in [5.41, 5.74) is 4.26. The summed E-state index contributed by atoms with van der Waals surface area (Å²) >= 11 is 0. The quantitative estimate of drug-likeness (QED) is 0.616. The zero-order valence-corrected chi connectivity index (χ0v) is 15.9. The molecule has 0 amide bonds. The van der Waals surface area contributed by atoms with E-state index in [0.29, 0.717) is 11.8 Å². The van der Waals surface area contributed by atoms with Crippen molar-refractivity contribution in [3.63, 3.8) is 0 Å². The lowest BCUT2D eigenvalue weighted by Gasteiger charge is -2.27. The van der Waals surface area contributed by atoms with Crippen molar-refractivity contribution in [3.8, 4) is 5.75 Å². The molecule has 25 heavy (non-hydrogen) atoms. The highest BCUT2D eigenvalue weighted by Crippen LogP contribution is 2.39. The molecule has 0 aliphatic carbocycles. The Morgan fingerprint density at radius 3 is 1.72 bits per heavy atom. The fourth-order valence-electron chi connectivity index (χ4n) is 4.26. The highest BCUT2D eigenvalue weighted by atomic mass is 16.5. The van der Waals surface area contributed by atoms with Gasteiger partial charge in [0.15, 0.2) is 0 Å². The number of anilines is 1. The van der Waals surface area contributed by atoms with Crippen LogP contribution in [0.15, 0.2) is 48.5 Å². The summed E-state index contributed by atoms with van der Waals surface area (Å²) in [7, 11) is 1.73. The maximum Gasteiger partial charge on any atom is 0.118 e. The minimum Gasteiger partial charge on any atom is -0.497 e. The molecule has 2 heteroatoms. The minimum absolute atomic E-state index is 0.550. The molecule has 1 heterocycles. The van der Waals surface area contributed by atoms with Gasteiger partial charge in [0.2, 0.25) is 0 Å². The third-order valence-corrected chi connectivity index (χ3v) is 5.70. The summed E-state index contributed by atoms with van der Waals surface area (Å²) in [5.74, 6) is 2.04. The van der Waals surface area contributed by atoms with Gasteiger partial charge >= 0.3 is 0 Å². The van der Waals surface area contributed by atoms with Gasteiger partial charge in [-0.25, -0.2) is 0 Å². The molecular formula is C23H31NO. The minimum atomic E-state index is 0.550. The molecule has 1 aliphatic rings. The first-order valence-corrected chi connectivity index (χ1v) is 9.75. The largest absolute Gasteiger partial charge is 0.497 e. The second kappa shape index (κ2) is 8.42. The lowest BCUT2D eigenvalue weighted by molar-refractivity contribution is 0.414. The first-order valence-electron chi connectivity index (χ1n) is 9.75. The van der Waals surface area contributed by atoms with Crippen LogP contribution in [0.5, 0.6) is 5.75 Å². The predicted octanol–water partition coefficient (Wildman–Crippen LogP) is 5.98. The standard InChI is InChI=1S/C23H31NO/c1-4-22(23(5-2)19-10-14-21(25-3)15-11-19)18-8-12-20(13-9-18)24-16-6-7-17-24/h8-15,22-23H,4-7,16-17H2,1-3H3/t22-,23+/m1/s1. The highest BCUT2D eigenvalue weighted by molar-refractivity contribution is 5.49. The molecule has 134 valence electrons. The molecule has 0 radical (unpaired) electrons. The number of hydrogen-bond acceptors (Lipinski definition) is 2. The van der Waals surface area contributed by atoms with Gasteiger partial charge in [0.1, 0.15) is 5.75 Å². The maximum absolute atomic E-state index is 5.31. The van der Waals surface area contributed by atoms with Crippen molar-refractivity contribution in [3.05, 3.63) is 59.7 Å². The van der Waals surface area contributed by atoms with Crippen LogP contribution in [0.4, 0.5) is 5.69 Å². The molecule has 2 atom stereocenters. The van der Waals surface area contributed by atoms with Gasteiger partial charge in [-0.1, -0.05) is 38.1 Å². The Kier molecular flexibility index (Phi) is 6.01. The second-order valence-corrected chi connectivity index (χ2v) is 7.09. The Bertz CT molecular complexity index is 641. The van der Waals surface area contributed by atoms with Gasteiger partial charge in [-0.05, 0) is 72.9 Å². The summed E-state index contributed by atoms with van der Waals surface area (Å²) in [6.45, 7) is 7.03. The topological polar surface area (TPSA) is 12.5 Å². The van der Waals surface area contributed by atoms with Crippen molar-refractivity contribution < 1.29 is 4.74 Å². The Hall–Kier alpha value is -1.96. The summed E-state index contributed by atoms with van der Waals surface area (Å²) < 4.78 is 5.31. The van der Waals surface area contributed by atoms with Gasteiger partial charge in [-0.2, -0.15) is 0 Å². The van der Waals surface area contributed by atoms with E-state index in [-0.39, 0.29) is 0 Å². The fraction of sp³-hybridized carbons (Fsp3) is 0.478. The number of nitrogens with zero attached hydrogens (tertiary/aromatic N) is 1. The van der Waals surface area contributed by atoms with Crippen LogP contribution in [0.2, 0.25) is 0 Å². The van der Waals surface area contributed by atoms with Crippen LogP contribution in [-0.2, 0) is 0 Å². The monoisotopic (exact) mass is 337 g/mol. The Balaban J connectivity index is 1.80.